The average Bonchev–Trinajstić information content (AvgIpc) is 3.15. The molecule has 2 aliphatic heterocycles. The van der Waals surface area contributed by atoms with Gasteiger partial charge in [0.15, 0.2) is 5.78 Å². The summed E-state index contributed by atoms with van der Waals surface area (Å²) in [4.78, 5) is 39.0. The Balaban J connectivity index is 1.98. The highest BCUT2D eigenvalue weighted by atomic mass is 32.2. The summed E-state index contributed by atoms with van der Waals surface area (Å²) in [5.74, 6) is 0.0569. The van der Waals surface area contributed by atoms with Crippen LogP contribution in [-0.2, 0) is 14.4 Å². The number of aliphatic carboxylic acids is 1. The molecular formula is C18H24N2O4S3. The highest BCUT2D eigenvalue weighted by Crippen LogP contribution is 2.33. The first-order valence-electron chi connectivity index (χ1n) is 8.84. The van der Waals surface area contributed by atoms with Gasteiger partial charge in [-0.1, -0.05) is 37.8 Å². The molecule has 0 aromatic heterocycles. The molecule has 0 unspecified atom stereocenters. The van der Waals surface area contributed by atoms with Crippen LogP contribution in [-0.4, -0.2) is 62.3 Å². The Morgan fingerprint density at radius 1 is 1.30 bits per heavy atom. The van der Waals surface area contributed by atoms with Gasteiger partial charge in [0, 0.05) is 25.3 Å². The van der Waals surface area contributed by atoms with E-state index < -0.39 is 5.97 Å². The zero-order valence-corrected chi connectivity index (χ0v) is 17.9. The first-order chi connectivity index (χ1) is 12.8. The summed E-state index contributed by atoms with van der Waals surface area (Å²) >= 11 is 8.17. The van der Waals surface area contributed by atoms with Crippen molar-refractivity contribution < 1.29 is 19.5 Å². The highest BCUT2D eigenvalue weighted by molar-refractivity contribution is 8.26. The number of nitrogens with zero attached hydrogens (tertiary/aromatic N) is 2. The predicted molar refractivity (Wildman–Crippen MR) is 113 cm³/mol. The van der Waals surface area contributed by atoms with Gasteiger partial charge >= 0.3 is 5.97 Å². The van der Waals surface area contributed by atoms with Gasteiger partial charge in [0.05, 0.1) is 22.9 Å². The fourth-order valence-electron chi connectivity index (χ4n) is 2.55. The first-order valence-corrected chi connectivity index (χ1v) is 11.1. The van der Waals surface area contributed by atoms with E-state index in [1.54, 1.807) is 17.8 Å². The van der Waals surface area contributed by atoms with E-state index in [2.05, 4.69) is 18.7 Å². The summed E-state index contributed by atoms with van der Waals surface area (Å²) in [6.45, 7) is 6.26. The van der Waals surface area contributed by atoms with E-state index in [4.69, 9.17) is 17.3 Å². The number of hydrogen-bond acceptors (Lipinski definition) is 7. The molecule has 2 rings (SSSR count). The standard InChI is InChI=1S/C18H24N2O4S3/c1-12(2)7-8-19-9-10-26-15(19)5-4-14-17(24)20(18(25)27-14)11-13(21)3-6-16(22)23/h4-5,12H,3,6-11H2,1-2H3,(H,22,23)/b14-4+,15-5+. The lowest BCUT2D eigenvalue weighted by molar-refractivity contribution is -0.138. The molecule has 0 saturated carbocycles. The molecule has 148 valence electrons. The number of thiocarbonyl (C=S) groups is 1. The molecule has 27 heavy (non-hydrogen) atoms. The van der Waals surface area contributed by atoms with Crippen molar-refractivity contribution >= 4 is 57.7 Å². The van der Waals surface area contributed by atoms with Gasteiger partial charge in [-0.3, -0.25) is 19.3 Å². The molecule has 2 heterocycles. The minimum atomic E-state index is -1.03. The summed E-state index contributed by atoms with van der Waals surface area (Å²) < 4.78 is 0.337. The first kappa shape index (κ1) is 22.0. The normalized spacial score (nSPS) is 20.6. The third-order valence-corrected chi connectivity index (χ3v) is 6.57. The molecule has 2 aliphatic rings. The lowest BCUT2D eigenvalue weighted by Crippen LogP contribution is -2.33. The van der Waals surface area contributed by atoms with Crippen LogP contribution in [0, 0.1) is 5.92 Å². The Hall–Kier alpha value is -1.32. The summed E-state index contributed by atoms with van der Waals surface area (Å²) in [7, 11) is 0. The second-order valence-corrected chi connectivity index (χ2v) is 9.54. The minimum Gasteiger partial charge on any atom is -0.481 e. The smallest absolute Gasteiger partial charge is 0.303 e. The minimum absolute atomic E-state index is 0.100. The molecule has 6 nitrogen and oxygen atoms in total. The van der Waals surface area contributed by atoms with Gasteiger partial charge in [-0.25, -0.2) is 0 Å². The van der Waals surface area contributed by atoms with Crippen molar-refractivity contribution in [3.05, 3.63) is 22.1 Å². The molecule has 0 radical (unpaired) electrons. The molecule has 0 aromatic carbocycles. The largest absolute Gasteiger partial charge is 0.481 e. The Bertz CT molecular complexity index is 688. The molecular weight excluding hydrogens is 404 g/mol. The van der Waals surface area contributed by atoms with Gasteiger partial charge in [-0.15, -0.1) is 11.8 Å². The van der Waals surface area contributed by atoms with E-state index in [-0.39, 0.29) is 31.1 Å². The third kappa shape index (κ3) is 6.65. The fourth-order valence-corrected chi connectivity index (χ4v) is 4.80. The van der Waals surface area contributed by atoms with Crippen molar-refractivity contribution in [1.29, 1.82) is 0 Å². The van der Waals surface area contributed by atoms with Crippen molar-refractivity contribution in [1.82, 2.24) is 9.80 Å². The molecule has 0 atom stereocenters. The van der Waals surface area contributed by atoms with Crippen molar-refractivity contribution in [2.24, 2.45) is 5.92 Å². The monoisotopic (exact) mass is 428 g/mol. The fraction of sp³-hybridized carbons (Fsp3) is 0.556. The van der Waals surface area contributed by atoms with E-state index >= 15 is 0 Å². The Labute approximate surface area is 173 Å². The van der Waals surface area contributed by atoms with Gasteiger partial charge in [0.2, 0.25) is 0 Å². The summed E-state index contributed by atoms with van der Waals surface area (Å²) in [6.07, 6.45) is 4.52. The number of carboxylic acid groups (broad SMARTS) is 1. The van der Waals surface area contributed by atoms with E-state index in [0.29, 0.717) is 15.1 Å². The number of amides is 1. The number of carbonyl (C=O) groups is 3. The average molecular weight is 429 g/mol. The van der Waals surface area contributed by atoms with Gasteiger partial charge in [-0.2, -0.15) is 0 Å². The Morgan fingerprint density at radius 3 is 2.70 bits per heavy atom. The number of thioether (sulfide) groups is 2. The SMILES string of the molecule is CC(C)CCN1CCS/C1=C/C=C1/SC(=S)N(CC(=O)CCC(=O)O)C1=O. The van der Waals surface area contributed by atoms with Crippen LogP contribution in [0.2, 0.25) is 0 Å². The predicted octanol–water partition coefficient (Wildman–Crippen LogP) is 3.10. The van der Waals surface area contributed by atoms with Crippen molar-refractivity contribution in [2.75, 3.05) is 25.4 Å². The number of ketones is 1. The zero-order chi connectivity index (χ0) is 20.0. The highest BCUT2D eigenvalue weighted by Gasteiger charge is 2.33. The van der Waals surface area contributed by atoms with E-state index in [1.165, 1.54) is 16.7 Å². The van der Waals surface area contributed by atoms with Crippen molar-refractivity contribution in [2.45, 2.75) is 33.1 Å². The number of carboxylic acids is 1. The van der Waals surface area contributed by atoms with Gasteiger partial charge < -0.3 is 10.0 Å². The van der Waals surface area contributed by atoms with Crippen LogP contribution in [0.3, 0.4) is 0 Å². The van der Waals surface area contributed by atoms with Crippen LogP contribution in [0.15, 0.2) is 22.1 Å². The third-order valence-electron chi connectivity index (χ3n) is 4.10. The summed E-state index contributed by atoms with van der Waals surface area (Å²) in [5, 5.41) is 9.80. The molecule has 0 spiro atoms. The zero-order valence-electron chi connectivity index (χ0n) is 15.5. The molecule has 0 aliphatic carbocycles. The topological polar surface area (TPSA) is 77.9 Å². The van der Waals surface area contributed by atoms with Crippen LogP contribution in [0.5, 0.6) is 0 Å². The molecule has 1 amide bonds. The number of allylic oxidation sites excluding steroid dienone is 2. The van der Waals surface area contributed by atoms with Gasteiger partial charge in [0.1, 0.15) is 4.32 Å². The lowest BCUT2D eigenvalue weighted by Gasteiger charge is -2.19. The molecule has 2 saturated heterocycles. The van der Waals surface area contributed by atoms with Crippen LogP contribution in [0.25, 0.3) is 0 Å². The van der Waals surface area contributed by atoms with Gasteiger partial charge in [0.25, 0.3) is 5.91 Å². The molecule has 0 bridgehead atoms. The second kappa shape index (κ2) is 10.3. The molecule has 0 aromatic rings. The van der Waals surface area contributed by atoms with Crippen LogP contribution in [0.4, 0.5) is 0 Å². The van der Waals surface area contributed by atoms with Crippen LogP contribution in [0.1, 0.15) is 33.1 Å². The maximum absolute atomic E-state index is 12.5. The van der Waals surface area contributed by atoms with Crippen molar-refractivity contribution in [3.63, 3.8) is 0 Å². The van der Waals surface area contributed by atoms with Crippen LogP contribution < -0.4 is 0 Å². The van der Waals surface area contributed by atoms with E-state index in [0.717, 1.165) is 30.3 Å². The molecule has 1 N–H and O–H groups in total. The number of hydrogen-bond donors (Lipinski definition) is 1. The maximum Gasteiger partial charge on any atom is 0.303 e. The second-order valence-electron chi connectivity index (χ2n) is 6.75. The van der Waals surface area contributed by atoms with E-state index in [9.17, 15) is 14.4 Å². The maximum atomic E-state index is 12.5. The Morgan fingerprint density at radius 2 is 2.04 bits per heavy atom. The van der Waals surface area contributed by atoms with Crippen molar-refractivity contribution in [3.8, 4) is 0 Å². The summed E-state index contributed by atoms with van der Waals surface area (Å²) in [5.41, 5.74) is 0. The number of carbonyl (C=O) groups excluding carboxylic acids is 2. The number of Topliss-reactive ketones (excluding diaryl/α,β-unsaturated/α-hetero) is 1. The Kier molecular flexibility index (Phi) is 8.37. The van der Waals surface area contributed by atoms with Gasteiger partial charge in [-0.05, 0) is 24.5 Å². The molecule has 9 heteroatoms. The van der Waals surface area contributed by atoms with E-state index in [1.807, 2.05) is 6.08 Å². The number of rotatable bonds is 9. The molecule has 2 fully saturated rings. The summed E-state index contributed by atoms with van der Waals surface area (Å²) in [6, 6.07) is 0. The lowest BCUT2D eigenvalue weighted by atomic mass is 10.1. The van der Waals surface area contributed by atoms with Crippen LogP contribution >= 0.6 is 35.7 Å². The quantitative estimate of drug-likeness (QED) is 0.443.